The lowest BCUT2D eigenvalue weighted by atomic mass is 10.0. The molecule has 3 heterocycles. The van der Waals surface area contributed by atoms with Crippen LogP contribution in [0.3, 0.4) is 0 Å². The van der Waals surface area contributed by atoms with Crippen LogP contribution >= 0.6 is 11.8 Å². The van der Waals surface area contributed by atoms with E-state index in [-0.39, 0.29) is 30.3 Å². The number of cyclic esters (lactones) is 1. The van der Waals surface area contributed by atoms with Crippen LogP contribution in [0.5, 0.6) is 0 Å². The van der Waals surface area contributed by atoms with Gasteiger partial charge in [-0.05, 0) is 67.1 Å². The molecule has 1 saturated heterocycles. The summed E-state index contributed by atoms with van der Waals surface area (Å²) in [4.78, 5) is 30.8. The molecule has 0 saturated carbocycles. The minimum atomic E-state index is -4.99. The van der Waals surface area contributed by atoms with E-state index in [2.05, 4.69) is 15.4 Å². The maximum Gasteiger partial charge on any atom is 0.416 e. The second-order valence-corrected chi connectivity index (χ2v) is 11.0. The molecule has 2 aromatic carbocycles. The number of carbonyl (C=O) groups is 2. The predicted octanol–water partition coefficient (Wildman–Crippen LogP) is 5.91. The minimum Gasteiger partial charge on any atom is -0.447 e. The van der Waals surface area contributed by atoms with Gasteiger partial charge in [0.25, 0.3) is 5.91 Å². The Labute approximate surface area is 239 Å². The van der Waals surface area contributed by atoms with Crippen molar-refractivity contribution >= 4 is 45.9 Å². The molecular weight excluding hydrogens is 588 g/mol. The average molecular weight is 612 g/mol. The van der Waals surface area contributed by atoms with Crippen molar-refractivity contribution < 1.29 is 40.7 Å². The fourth-order valence-electron chi connectivity index (χ4n) is 4.63. The second-order valence-electron chi connectivity index (χ2n) is 9.94. The summed E-state index contributed by atoms with van der Waals surface area (Å²) in [7, 11) is 0. The number of thioether (sulfide) groups is 1. The van der Waals surface area contributed by atoms with Gasteiger partial charge in [0.15, 0.2) is 5.17 Å². The number of hydrogen-bond acceptors (Lipinski definition) is 6. The maximum atomic E-state index is 13.6. The summed E-state index contributed by atoms with van der Waals surface area (Å²) in [6, 6.07) is 6.02. The van der Waals surface area contributed by atoms with E-state index in [4.69, 9.17) is 4.74 Å². The van der Waals surface area contributed by atoms with E-state index in [0.29, 0.717) is 39.2 Å². The van der Waals surface area contributed by atoms with E-state index in [1.54, 1.807) is 24.3 Å². The van der Waals surface area contributed by atoms with Gasteiger partial charge >= 0.3 is 18.4 Å². The zero-order chi connectivity index (χ0) is 30.4. The molecule has 15 heteroatoms. The molecule has 1 fully saturated rings. The fourth-order valence-corrected chi connectivity index (χ4v) is 5.65. The Morgan fingerprint density at radius 2 is 1.83 bits per heavy atom. The summed E-state index contributed by atoms with van der Waals surface area (Å²) >= 11 is 1.17. The van der Waals surface area contributed by atoms with Gasteiger partial charge in [-0.15, -0.1) is 0 Å². The number of ether oxygens (including phenoxy) is 1. The van der Waals surface area contributed by atoms with Crippen LogP contribution < -0.4 is 5.32 Å². The van der Waals surface area contributed by atoms with Crippen LogP contribution in [-0.4, -0.2) is 57.1 Å². The van der Waals surface area contributed by atoms with E-state index in [1.165, 1.54) is 22.6 Å². The number of benzene rings is 2. The normalized spacial score (nSPS) is 21.3. The Morgan fingerprint density at radius 3 is 2.55 bits per heavy atom. The third-order valence-electron chi connectivity index (χ3n) is 6.70. The van der Waals surface area contributed by atoms with Crippen LogP contribution in [0.25, 0.3) is 17.0 Å². The Bertz CT molecular complexity index is 1610. The monoisotopic (exact) mass is 611 g/mol. The van der Waals surface area contributed by atoms with Gasteiger partial charge in [-0.1, -0.05) is 12.1 Å². The fraction of sp³-hybridized carbons (Fsp3) is 0.333. The molecule has 0 spiro atoms. The first-order chi connectivity index (χ1) is 19.7. The number of aromatic nitrogens is 2. The van der Waals surface area contributed by atoms with Gasteiger partial charge in [0.1, 0.15) is 6.61 Å². The van der Waals surface area contributed by atoms with Crippen molar-refractivity contribution in [3.8, 4) is 0 Å². The molecule has 0 radical (unpaired) electrons. The van der Waals surface area contributed by atoms with Crippen LogP contribution in [0, 0.1) is 0 Å². The molecule has 2 atom stereocenters. The number of aliphatic imine (C=N–C) groups is 1. The van der Waals surface area contributed by atoms with Crippen molar-refractivity contribution in [1.29, 1.82) is 0 Å². The third kappa shape index (κ3) is 6.25. The highest BCUT2D eigenvalue weighted by atomic mass is 32.2. The SMILES string of the molecule is CC1CN(C2=NC(=O)C(=Cc3ccc4c(cnn4Cc4ccc(C(F)(F)F)cc4C(F)(F)F)c3)S2)C(C)COC(=O)N1. The molecule has 1 aromatic heterocycles. The molecule has 8 nitrogen and oxygen atoms in total. The zero-order valence-corrected chi connectivity index (χ0v) is 22.9. The molecule has 5 rings (SSSR count). The number of amides is 2. The number of carbonyl (C=O) groups excluding carboxylic acids is 2. The van der Waals surface area contributed by atoms with Gasteiger partial charge in [0.05, 0.1) is 40.3 Å². The van der Waals surface area contributed by atoms with E-state index >= 15 is 0 Å². The first-order valence-corrected chi connectivity index (χ1v) is 13.5. The number of fused-ring (bicyclic) bond motifs is 1. The first kappa shape index (κ1) is 29.5. The number of hydrogen-bond donors (Lipinski definition) is 1. The third-order valence-corrected chi connectivity index (χ3v) is 7.72. The Balaban J connectivity index is 1.36. The van der Waals surface area contributed by atoms with Crippen molar-refractivity contribution in [3.63, 3.8) is 0 Å². The molecule has 42 heavy (non-hydrogen) atoms. The van der Waals surface area contributed by atoms with Crippen LogP contribution in [-0.2, 0) is 28.4 Å². The van der Waals surface area contributed by atoms with Crippen LogP contribution in [0.4, 0.5) is 31.1 Å². The summed E-state index contributed by atoms with van der Waals surface area (Å²) in [5.41, 5.74) is -2.05. The predicted molar refractivity (Wildman–Crippen MR) is 143 cm³/mol. The molecule has 2 unspecified atom stereocenters. The summed E-state index contributed by atoms with van der Waals surface area (Å²) in [6.45, 7) is 3.79. The van der Waals surface area contributed by atoms with Gasteiger partial charge in [-0.2, -0.15) is 36.4 Å². The quantitative estimate of drug-likeness (QED) is 0.293. The molecule has 2 aliphatic heterocycles. The highest BCUT2D eigenvalue weighted by Crippen LogP contribution is 2.38. The Morgan fingerprint density at radius 1 is 1.07 bits per heavy atom. The van der Waals surface area contributed by atoms with Gasteiger partial charge in [0.2, 0.25) is 0 Å². The van der Waals surface area contributed by atoms with Gasteiger partial charge in [-0.3, -0.25) is 9.48 Å². The van der Waals surface area contributed by atoms with Crippen molar-refractivity contribution in [3.05, 3.63) is 69.8 Å². The Kier molecular flexibility index (Phi) is 7.72. The number of amidine groups is 1. The van der Waals surface area contributed by atoms with E-state index < -0.39 is 42.0 Å². The molecule has 2 amide bonds. The molecule has 222 valence electrons. The lowest BCUT2D eigenvalue weighted by molar-refractivity contribution is -0.143. The van der Waals surface area contributed by atoms with E-state index in [0.717, 1.165) is 6.07 Å². The molecule has 1 N–H and O–H groups in total. The number of nitrogens with one attached hydrogen (secondary N) is 1. The van der Waals surface area contributed by atoms with E-state index in [9.17, 15) is 35.9 Å². The van der Waals surface area contributed by atoms with Crippen LogP contribution in [0.15, 0.2) is 52.5 Å². The molecule has 0 aliphatic carbocycles. The molecule has 2 aliphatic rings. The summed E-state index contributed by atoms with van der Waals surface area (Å²) in [5.74, 6) is -0.445. The largest absolute Gasteiger partial charge is 0.447 e. The van der Waals surface area contributed by atoms with Crippen LogP contribution in [0.1, 0.15) is 36.1 Å². The van der Waals surface area contributed by atoms with Crippen molar-refractivity contribution in [1.82, 2.24) is 20.0 Å². The minimum absolute atomic E-state index is 0.107. The second kappa shape index (κ2) is 11.0. The number of rotatable bonds is 3. The smallest absolute Gasteiger partial charge is 0.416 e. The number of halogens is 6. The number of alkyl halides is 6. The van der Waals surface area contributed by atoms with Crippen molar-refractivity contribution in [2.75, 3.05) is 13.2 Å². The highest BCUT2D eigenvalue weighted by molar-refractivity contribution is 8.18. The topological polar surface area (TPSA) is 88.8 Å². The average Bonchev–Trinajstić information content (AvgIpc) is 3.46. The summed E-state index contributed by atoms with van der Waals surface area (Å²) in [5, 5.41) is 7.87. The number of nitrogens with zero attached hydrogens (tertiary/aromatic N) is 4. The molecular formula is C27H23F6N5O3S. The molecule has 0 bridgehead atoms. The Hall–Kier alpha value is -4.01. The summed E-state index contributed by atoms with van der Waals surface area (Å²) < 4.78 is 86.4. The molecule has 3 aromatic rings. The maximum absolute atomic E-state index is 13.6. The van der Waals surface area contributed by atoms with Gasteiger partial charge in [-0.25, -0.2) is 4.79 Å². The zero-order valence-electron chi connectivity index (χ0n) is 22.1. The lowest BCUT2D eigenvalue weighted by Crippen LogP contribution is -2.51. The standard InChI is InChI=1S/C27H23F6N5O3S/c1-14-11-37(15(2)13-41-25(40)35-14)24-36-23(39)22(42-24)8-16-3-6-21-18(7-16)10-34-38(21)12-17-4-5-19(26(28,29)30)9-20(17)27(31,32)33/h3-10,14-15H,11-13H2,1-2H3,(H,35,40). The van der Waals surface area contributed by atoms with E-state index in [1.807, 2.05) is 18.7 Å². The van der Waals surface area contributed by atoms with Crippen molar-refractivity contribution in [2.24, 2.45) is 4.99 Å². The summed E-state index contributed by atoms with van der Waals surface area (Å²) in [6.07, 6.45) is -7.35. The van der Waals surface area contributed by atoms with Gasteiger partial charge in [0, 0.05) is 18.0 Å². The first-order valence-electron chi connectivity index (χ1n) is 12.6. The van der Waals surface area contributed by atoms with Crippen LogP contribution in [0.2, 0.25) is 0 Å². The highest BCUT2D eigenvalue weighted by Gasteiger charge is 2.38. The lowest BCUT2D eigenvalue weighted by Gasteiger charge is -2.34. The number of alkyl carbamates (subject to hydrolysis) is 1. The van der Waals surface area contributed by atoms with Gasteiger partial charge < -0.3 is 15.0 Å². The van der Waals surface area contributed by atoms with Crippen molar-refractivity contribution in [2.45, 2.75) is 44.8 Å².